The summed E-state index contributed by atoms with van der Waals surface area (Å²) in [6.45, 7) is 3.55. The number of aliphatic carboxylic acids is 1. The molecule has 0 bridgehead atoms. The van der Waals surface area contributed by atoms with Crippen LogP contribution in [0.4, 0.5) is 4.79 Å². The van der Waals surface area contributed by atoms with Gasteiger partial charge in [-0.05, 0) is 48.9 Å². The zero-order valence-electron chi connectivity index (χ0n) is 19.0. The number of alkyl carbamates (subject to hydrolysis) is 1. The molecule has 0 radical (unpaired) electrons. The van der Waals surface area contributed by atoms with Gasteiger partial charge < -0.3 is 20.5 Å². The minimum atomic E-state index is -1.05. The Bertz CT molecular complexity index is 1030. The first-order chi connectivity index (χ1) is 15.7. The van der Waals surface area contributed by atoms with E-state index < -0.39 is 22.9 Å². The van der Waals surface area contributed by atoms with Gasteiger partial charge in [0.15, 0.2) is 0 Å². The predicted molar refractivity (Wildman–Crippen MR) is 124 cm³/mol. The molecular formula is C26H30N2O5. The van der Waals surface area contributed by atoms with Crippen molar-refractivity contribution in [3.05, 3.63) is 59.7 Å². The van der Waals surface area contributed by atoms with Crippen LogP contribution in [0.3, 0.4) is 0 Å². The Kier molecular flexibility index (Phi) is 6.15. The van der Waals surface area contributed by atoms with E-state index in [1.165, 1.54) is 0 Å². The maximum Gasteiger partial charge on any atom is 0.407 e. The topological polar surface area (TPSA) is 105 Å². The summed E-state index contributed by atoms with van der Waals surface area (Å²) in [7, 11) is 0. The van der Waals surface area contributed by atoms with E-state index in [-0.39, 0.29) is 31.5 Å². The molecule has 0 aliphatic heterocycles. The monoisotopic (exact) mass is 450 g/mol. The molecule has 33 heavy (non-hydrogen) atoms. The van der Waals surface area contributed by atoms with Crippen LogP contribution in [0, 0.1) is 10.8 Å². The second-order valence-corrected chi connectivity index (χ2v) is 9.68. The summed E-state index contributed by atoms with van der Waals surface area (Å²) in [6, 6.07) is 16.3. The second-order valence-electron chi connectivity index (χ2n) is 9.68. The quantitative estimate of drug-likeness (QED) is 0.565. The highest BCUT2D eigenvalue weighted by Crippen LogP contribution is 2.44. The van der Waals surface area contributed by atoms with Crippen molar-refractivity contribution >= 4 is 18.0 Å². The van der Waals surface area contributed by atoms with Crippen molar-refractivity contribution in [1.82, 2.24) is 10.6 Å². The number of nitrogens with one attached hydrogen (secondary N) is 2. The number of carbonyl (C=O) groups excluding carboxylic acids is 2. The van der Waals surface area contributed by atoms with Crippen LogP contribution in [-0.2, 0) is 14.3 Å². The molecule has 0 spiro atoms. The molecule has 7 nitrogen and oxygen atoms in total. The lowest BCUT2D eigenvalue weighted by Gasteiger charge is -2.40. The maximum absolute atomic E-state index is 12.8. The van der Waals surface area contributed by atoms with E-state index in [0.717, 1.165) is 28.7 Å². The van der Waals surface area contributed by atoms with E-state index in [4.69, 9.17) is 4.74 Å². The Morgan fingerprint density at radius 2 is 1.58 bits per heavy atom. The largest absolute Gasteiger partial charge is 0.481 e. The van der Waals surface area contributed by atoms with Gasteiger partial charge in [0.1, 0.15) is 6.61 Å². The fourth-order valence-electron chi connectivity index (χ4n) is 4.54. The van der Waals surface area contributed by atoms with Crippen LogP contribution >= 0.6 is 0 Å². The van der Waals surface area contributed by atoms with Crippen molar-refractivity contribution < 1.29 is 24.2 Å². The summed E-state index contributed by atoms with van der Waals surface area (Å²) in [4.78, 5) is 36.6. The molecule has 0 unspecified atom stereocenters. The van der Waals surface area contributed by atoms with Crippen molar-refractivity contribution in [2.45, 2.75) is 39.0 Å². The van der Waals surface area contributed by atoms with Gasteiger partial charge in [0, 0.05) is 19.0 Å². The number of carbonyl (C=O) groups is 3. The highest BCUT2D eigenvalue weighted by Gasteiger charge is 2.45. The lowest BCUT2D eigenvalue weighted by Crippen LogP contribution is -2.54. The van der Waals surface area contributed by atoms with Crippen LogP contribution in [0.5, 0.6) is 0 Å². The van der Waals surface area contributed by atoms with Gasteiger partial charge in [-0.25, -0.2) is 4.79 Å². The minimum Gasteiger partial charge on any atom is -0.481 e. The Morgan fingerprint density at radius 3 is 2.09 bits per heavy atom. The Balaban J connectivity index is 1.33. The molecule has 0 aromatic heterocycles. The molecule has 2 aliphatic rings. The van der Waals surface area contributed by atoms with Gasteiger partial charge in [-0.1, -0.05) is 55.0 Å². The molecule has 0 heterocycles. The van der Waals surface area contributed by atoms with Gasteiger partial charge in [0.25, 0.3) is 0 Å². The van der Waals surface area contributed by atoms with Crippen LogP contribution < -0.4 is 10.6 Å². The summed E-state index contributed by atoms with van der Waals surface area (Å²) in [5.41, 5.74) is 2.85. The van der Waals surface area contributed by atoms with E-state index >= 15 is 0 Å². The molecule has 2 aromatic carbocycles. The van der Waals surface area contributed by atoms with Gasteiger partial charge in [-0.3, -0.25) is 9.59 Å². The third kappa shape index (κ3) is 4.45. The Hall–Kier alpha value is -3.35. The first-order valence-corrected chi connectivity index (χ1v) is 11.3. The molecule has 174 valence electrons. The van der Waals surface area contributed by atoms with Crippen LogP contribution in [0.2, 0.25) is 0 Å². The fourth-order valence-corrected chi connectivity index (χ4v) is 4.54. The van der Waals surface area contributed by atoms with E-state index in [9.17, 15) is 19.5 Å². The van der Waals surface area contributed by atoms with Crippen molar-refractivity contribution in [2.75, 3.05) is 19.7 Å². The molecule has 4 rings (SSSR count). The number of benzene rings is 2. The van der Waals surface area contributed by atoms with Gasteiger partial charge in [-0.15, -0.1) is 0 Å². The van der Waals surface area contributed by atoms with Crippen LogP contribution in [0.15, 0.2) is 48.5 Å². The minimum absolute atomic E-state index is 0.0256. The Labute approximate surface area is 193 Å². The standard InChI is InChI=1S/C26H30N2O5/c1-25(2,23(30)31)15-27-22(29)26(12-7-13-26)16-28-24(32)33-14-21-19-10-5-3-8-17(19)18-9-4-6-11-20(18)21/h3-6,8-11,21H,7,12-16H2,1-2H3,(H,27,29)(H,28,32)(H,30,31). The number of hydrogen-bond acceptors (Lipinski definition) is 4. The van der Waals surface area contributed by atoms with Crippen LogP contribution in [-0.4, -0.2) is 42.8 Å². The van der Waals surface area contributed by atoms with E-state index in [1.54, 1.807) is 13.8 Å². The van der Waals surface area contributed by atoms with Gasteiger partial charge >= 0.3 is 12.1 Å². The highest BCUT2D eigenvalue weighted by molar-refractivity contribution is 5.85. The van der Waals surface area contributed by atoms with Crippen molar-refractivity contribution in [2.24, 2.45) is 10.8 Å². The number of hydrogen-bond donors (Lipinski definition) is 3. The summed E-state index contributed by atoms with van der Waals surface area (Å²) in [5, 5.41) is 14.8. The zero-order chi connectivity index (χ0) is 23.6. The van der Waals surface area contributed by atoms with Gasteiger partial charge in [0.05, 0.1) is 10.8 Å². The highest BCUT2D eigenvalue weighted by atomic mass is 16.5. The van der Waals surface area contributed by atoms with E-state index in [1.807, 2.05) is 24.3 Å². The predicted octanol–water partition coefficient (Wildman–Crippen LogP) is 3.92. The van der Waals surface area contributed by atoms with E-state index in [2.05, 4.69) is 34.9 Å². The molecule has 2 amide bonds. The summed E-state index contributed by atoms with van der Waals surface area (Å²) < 4.78 is 5.57. The Morgan fingerprint density at radius 1 is 1.00 bits per heavy atom. The first kappa shape index (κ1) is 22.8. The lowest BCUT2D eigenvalue weighted by molar-refractivity contribution is -0.147. The lowest BCUT2D eigenvalue weighted by atomic mass is 9.68. The molecule has 2 aromatic rings. The number of carboxylic acid groups (broad SMARTS) is 1. The molecular weight excluding hydrogens is 420 g/mol. The number of carboxylic acids is 1. The fraction of sp³-hybridized carbons (Fsp3) is 0.423. The molecule has 1 fully saturated rings. The number of ether oxygens (including phenoxy) is 1. The SMILES string of the molecule is CC(C)(CNC(=O)C1(CNC(=O)OCC2c3ccccc3-c3ccccc32)CCC1)C(=O)O. The molecule has 2 aliphatic carbocycles. The normalized spacial score (nSPS) is 16.2. The molecule has 0 saturated heterocycles. The number of rotatable bonds is 8. The molecule has 0 atom stereocenters. The zero-order valence-corrected chi connectivity index (χ0v) is 19.0. The summed E-state index contributed by atoms with van der Waals surface area (Å²) in [6.07, 6.45) is 1.63. The van der Waals surface area contributed by atoms with Crippen molar-refractivity contribution in [3.8, 4) is 11.1 Å². The molecule has 7 heteroatoms. The molecule has 3 N–H and O–H groups in total. The van der Waals surface area contributed by atoms with Gasteiger partial charge in [-0.2, -0.15) is 0 Å². The first-order valence-electron chi connectivity index (χ1n) is 11.3. The summed E-state index contributed by atoms with van der Waals surface area (Å²) >= 11 is 0. The average molecular weight is 451 g/mol. The van der Waals surface area contributed by atoms with Crippen LogP contribution in [0.25, 0.3) is 11.1 Å². The number of amides is 2. The third-order valence-corrected chi connectivity index (χ3v) is 6.98. The smallest absolute Gasteiger partial charge is 0.407 e. The second kappa shape index (κ2) is 8.89. The van der Waals surface area contributed by atoms with Crippen molar-refractivity contribution in [3.63, 3.8) is 0 Å². The number of fused-ring (bicyclic) bond motifs is 3. The van der Waals surface area contributed by atoms with E-state index in [0.29, 0.717) is 12.8 Å². The van der Waals surface area contributed by atoms with Crippen molar-refractivity contribution in [1.29, 1.82) is 0 Å². The maximum atomic E-state index is 12.8. The van der Waals surface area contributed by atoms with Crippen LogP contribution in [0.1, 0.15) is 50.2 Å². The third-order valence-electron chi connectivity index (χ3n) is 6.98. The average Bonchev–Trinajstić information content (AvgIpc) is 3.09. The van der Waals surface area contributed by atoms with Gasteiger partial charge in [0.2, 0.25) is 5.91 Å². The molecule has 1 saturated carbocycles. The summed E-state index contributed by atoms with van der Waals surface area (Å²) in [5.74, 6) is -1.22.